The zero-order valence-electron chi connectivity index (χ0n) is 15.5. The summed E-state index contributed by atoms with van der Waals surface area (Å²) in [4.78, 5) is 19.2. The topological polar surface area (TPSA) is 59.7 Å². The number of carbonyl (C=O) groups excluding carboxylic acids is 1. The van der Waals surface area contributed by atoms with Crippen LogP contribution in [0.2, 0.25) is 0 Å². The molecule has 0 radical (unpaired) electrons. The van der Waals surface area contributed by atoms with Gasteiger partial charge in [-0.1, -0.05) is 0 Å². The molecule has 140 valence electrons. The number of halogens is 1. The van der Waals surface area contributed by atoms with Gasteiger partial charge in [-0.05, 0) is 79.9 Å². The monoisotopic (exact) mass is 420 g/mol. The zero-order valence-corrected chi connectivity index (χ0v) is 17.1. The molecule has 2 fully saturated rings. The molecule has 0 N–H and O–H groups in total. The second kappa shape index (κ2) is 6.51. The van der Waals surface area contributed by atoms with Gasteiger partial charge >= 0.3 is 5.97 Å². The molecule has 0 spiro atoms. The average molecular weight is 421 g/mol. The first-order valence-corrected chi connectivity index (χ1v) is 10.1. The Morgan fingerprint density at radius 1 is 1.23 bits per heavy atom. The molecule has 2 aromatic heterocycles. The van der Waals surface area contributed by atoms with Crippen LogP contribution in [0.4, 0.5) is 5.82 Å². The number of esters is 1. The Balaban J connectivity index is 1.54. The van der Waals surface area contributed by atoms with E-state index in [2.05, 4.69) is 37.0 Å². The predicted octanol–water partition coefficient (Wildman–Crippen LogP) is 3.93. The molecule has 0 atom stereocenters. The van der Waals surface area contributed by atoms with Gasteiger partial charge in [0.05, 0.1) is 5.92 Å². The fourth-order valence-corrected chi connectivity index (χ4v) is 4.18. The third kappa shape index (κ3) is 3.46. The van der Waals surface area contributed by atoms with Crippen molar-refractivity contribution in [1.82, 2.24) is 14.6 Å². The summed E-state index contributed by atoms with van der Waals surface area (Å²) in [5.74, 6) is 1.51. The lowest BCUT2D eigenvalue weighted by atomic mass is 9.96. The molecule has 26 heavy (non-hydrogen) atoms. The van der Waals surface area contributed by atoms with Crippen LogP contribution in [0.1, 0.15) is 57.9 Å². The highest BCUT2D eigenvalue weighted by atomic mass is 79.9. The van der Waals surface area contributed by atoms with Crippen LogP contribution in [-0.2, 0) is 9.53 Å². The average Bonchev–Trinajstić information content (AvgIpc) is 3.38. The van der Waals surface area contributed by atoms with Gasteiger partial charge in [0, 0.05) is 13.1 Å². The van der Waals surface area contributed by atoms with Crippen molar-refractivity contribution in [2.24, 2.45) is 5.92 Å². The zero-order chi connectivity index (χ0) is 18.5. The largest absolute Gasteiger partial charge is 0.460 e. The van der Waals surface area contributed by atoms with E-state index in [0.717, 1.165) is 41.9 Å². The third-order valence-electron chi connectivity index (χ3n) is 5.07. The van der Waals surface area contributed by atoms with E-state index in [4.69, 9.17) is 4.74 Å². The number of aromatic nitrogens is 3. The smallest absolute Gasteiger partial charge is 0.309 e. The van der Waals surface area contributed by atoms with Crippen LogP contribution in [0.3, 0.4) is 0 Å². The predicted molar refractivity (Wildman–Crippen MR) is 103 cm³/mol. The molecule has 7 heteroatoms. The van der Waals surface area contributed by atoms with E-state index < -0.39 is 5.60 Å². The number of carbonyl (C=O) groups is 1. The number of anilines is 1. The van der Waals surface area contributed by atoms with Gasteiger partial charge in [0.2, 0.25) is 0 Å². The molecular weight excluding hydrogens is 396 g/mol. The van der Waals surface area contributed by atoms with Crippen molar-refractivity contribution in [3.63, 3.8) is 0 Å². The number of hydrogen-bond acceptors (Lipinski definition) is 5. The Hall–Kier alpha value is -1.63. The van der Waals surface area contributed by atoms with E-state index in [1.54, 1.807) is 6.33 Å². The normalized spacial score (nSPS) is 19.2. The Morgan fingerprint density at radius 3 is 2.54 bits per heavy atom. The van der Waals surface area contributed by atoms with Gasteiger partial charge in [-0.15, -0.1) is 0 Å². The summed E-state index contributed by atoms with van der Waals surface area (Å²) < 4.78 is 8.47. The number of nitrogens with zero attached hydrogens (tertiary/aromatic N) is 4. The highest BCUT2D eigenvalue weighted by Crippen LogP contribution is 2.45. The molecule has 0 amide bonds. The van der Waals surface area contributed by atoms with Gasteiger partial charge in [-0.2, -0.15) is 5.10 Å². The number of fused-ring (bicyclic) bond motifs is 1. The maximum absolute atomic E-state index is 12.3. The number of ether oxygens (including phenoxy) is 1. The second-order valence-corrected chi connectivity index (χ2v) is 9.15. The molecule has 0 unspecified atom stereocenters. The SMILES string of the molecule is CC(C)(C)OC(=O)C1CCN(c2ncnn3c(Br)cc(C4CC4)c23)CC1. The van der Waals surface area contributed by atoms with Crippen LogP contribution in [0.25, 0.3) is 5.52 Å². The quantitative estimate of drug-likeness (QED) is 0.703. The summed E-state index contributed by atoms with van der Waals surface area (Å²) in [6.45, 7) is 7.37. The van der Waals surface area contributed by atoms with E-state index in [0.29, 0.717) is 5.92 Å². The van der Waals surface area contributed by atoms with Crippen molar-refractivity contribution in [2.75, 3.05) is 18.0 Å². The molecule has 1 aliphatic heterocycles. The van der Waals surface area contributed by atoms with Crippen LogP contribution < -0.4 is 4.90 Å². The highest BCUT2D eigenvalue weighted by molar-refractivity contribution is 9.10. The van der Waals surface area contributed by atoms with Gasteiger partial charge < -0.3 is 9.64 Å². The Kier molecular flexibility index (Phi) is 4.45. The minimum Gasteiger partial charge on any atom is -0.460 e. The van der Waals surface area contributed by atoms with Crippen LogP contribution in [0.15, 0.2) is 17.0 Å². The molecule has 2 aromatic rings. The molecule has 1 saturated carbocycles. The van der Waals surface area contributed by atoms with E-state index in [9.17, 15) is 4.79 Å². The summed E-state index contributed by atoms with van der Waals surface area (Å²) in [7, 11) is 0. The van der Waals surface area contributed by atoms with Crippen molar-refractivity contribution >= 4 is 33.2 Å². The van der Waals surface area contributed by atoms with Crippen molar-refractivity contribution < 1.29 is 9.53 Å². The van der Waals surface area contributed by atoms with Gasteiger partial charge in [0.1, 0.15) is 22.0 Å². The number of hydrogen-bond donors (Lipinski definition) is 0. The molecule has 1 aliphatic carbocycles. The third-order valence-corrected chi connectivity index (χ3v) is 5.64. The van der Waals surface area contributed by atoms with E-state index in [1.165, 1.54) is 18.4 Å². The fourth-order valence-electron chi connectivity index (χ4n) is 3.67. The number of piperidine rings is 1. The maximum atomic E-state index is 12.3. The van der Waals surface area contributed by atoms with E-state index in [-0.39, 0.29) is 11.9 Å². The first kappa shape index (κ1) is 17.8. The van der Waals surface area contributed by atoms with E-state index in [1.807, 2.05) is 25.3 Å². The lowest BCUT2D eigenvalue weighted by Crippen LogP contribution is -2.39. The first-order valence-electron chi connectivity index (χ1n) is 9.33. The standard InChI is InChI=1S/C19H25BrN4O2/c1-19(2,3)26-18(25)13-6-8-23(9-7-13)17-16-14(12-4-5-12)10-15(20)24(16)22-11-21-17/h10-13H,4-9H2,1-3H3. The minimum atomic E-state index is -0.426. The Bertz CT molecular complexity index is 830. The van der Waals surface area contributed by atoms with Gasteiger partial charge in [0.15, 0.2) is 5.82 Å². The molecular formula is C19H25BrN4O2. The first-order chi connectivity index (χ1) is 12.3. The molecule has 0 aromatic carbocycles. The number of rotatable bonds is 3. The lowest BCUT2D eigenvalue weighted by Gasteiger charge is -2.33. The fraction of sp³-hybridized carbons (Fsp3) is 0.632. The summed E-state index contributed by atoms with van der Waals surface area (Å²) in [6.07, 6.45) is 5.68. The van der Waals surface area contributed by atoms with Crippen molar-refractivity contribution in [2.45, 2.75) is 58.0 Å². The Morgan fingerprint density at radius 2 is 1.92 bits per heavy atom. The molecule has 4 rings (SSSR count). The van der Waals surface area contributed by atoms with Crippen molar-refractivity contribution in [3.05, 3.63) is 22.6 Å². The summed E-state index contributed by atoms with van der Waals surface area (Å²) in [6, 6.07) is 2.18. The molecule has 1 saturated heterocycles. The second-order valence-electron chi connectivity index (χ2n) is 8.34. The lowest BCUT2D eigenvalue weighted by molar-refractivity contribution is -0.160. The van der Waals surface area contributed by atoms with Crippen LogP contribution in [-0.4, -0.2) is 39.3 Å². The minimum absolute atomic E-state index is 0.0234. The van der Waals surface area contributed by atoms with Gasteiger partial charge in [-0.3, -0.25) is 4.79 Å². The van der Waals surface area contributed by atoms with Crippen LogP contribution in [0.5, 0.6) is 0 Å². The molecule has 6 nitrogen and oxygen atoms in total. The van der Waals surface area contributed by atoms with Gasteiger partial charge in [-0.25, -0.2) is 9.50 Å². The highest BCUT2D eigenvalue weighted by Gasteiger charge is 2.33. The maximum Gasteiger partial charge on any atom is 0.309 e. The van der Waals surface area contributed by atoms with Crippen LogP contribution >= 0.6 is 15.9 Å². The summed E-state index contributed by atoms with van der Waals surface area (Å²) in [5.41, 5.74) is 2.02. The van der Waals surface area contributed by atoms with Crippen LogP contribution in [0, 0.1) is 5.92 Å². The van der Waals surface area contributed by atoms with Crippen molar-refractivity contribution in [1.29, 1.82) is 0 Å². The summed E-state index contributed by atoms with van der Waals surface area (Å²) in [5, 5.41) is 4.41. The Labute approximate surface area is 162 Å². The molecule has 2 aliphatic rings. The summed E-state index contributed by atoms with van der Waals surface area (Å²) >= 11 is 3.62. The van der Waals surface area contributed by atoms with Crippen molar-refractivity contribution in [3.8, 4) is 0 Å². The molecule has 0 bridgehead atoms. The molecule has 3 heterocycles. The van der Waals surface area contributed by atoms with Gasteiger partial charge in [0.25, 0.3) is 0 Å². The van der Waals surface area contributed by atoms with E-state index >= 15 is 0 Å².